The Morgan fingerprint density at radius 3 is 2.93 bits per heavy atom. The Morgan fingerprint density at radius 1 is 1.15 bits per heavy atom. The number of fused-ring (bicyclic) bond motifs is 3. The van der Waals surface area contributed by atoms with E-state index in [0.717, 1.165) is 31.6 Å². The number of pyridine rings is 1. The van der Waals surface area contributed by atoms with Gasteiger partial charge in [-0.25, -0.2) is 0 Å². The van der Waals surface area contributed by atoms with Crippen LogP contribution in [0.4, 0.5) is 11.4 Å². The van der Waals surface area contributed by atoms with Gasteiger partial charge in [-0.2, -0.15) is 0 Å². The van der Waals surface area contributed by atoms with Crippen molar-refractivity contribution in [2.45, 2.75) is 18.4 Å². The number of aryl methyl sites for hydroxylation is 1. The molecule has 2 aromatic carbocycles. The fourth-order valence-corrected chi connectivity index (χ4v) is 4.52. The lowest BCUT2D eigenvalue weighted by Crippen LogP contribution is -2.49. The molecule has 1 aliphatic heterocycles. The minimum Gasteiger partial charge on any atom is -0.367 e. The van der Waals surface area contributed by atoms with Gasteiger partial charge in [0, 0.05) is 18.8 Å². The monoisotopic (exact) mass is 361 g/mol. The van der Waals surface area contributed by atoms with Crippen LogP contribution in [0.15, 0.2) is 54.7 Å². The molecule has 5 rings (SSSR count). The summed E-state index contributed by atoms with van der Waals surface area (Å²) in [5, 5.41) is 12.0. The number of hydrogen-bond donors (Lipinski definition) is 0. The number of anilines is 1. The third kappa shape index (κ3) is 2.48. The molecular formula is C21H19N3O3. The number of morpholine rings is 1. The second-order valence-electron chi connectivity index (χ2n) is 7.18. The molecule has 136 valence electrons. The first kappa shape index (κ1) is 16.2. The molecule has 3 aromatic rings. The van der Waals surface area contributed by atoms with Gasteiger partial charge >= 0.3 is 0 Å². The van der Waals surface area contributed by atoms with E-state index in [1.54, 1.807) is 24.4 Å². The number of non-ortho nitro benzene ring substituents is 1. The fraction of sp³-hybridized carbons (Fsp3) is 0.286. The Bertz CT molecular complexity index is 1050. The largest absolute Gasteiger partial charge is 0.367 e. The van der Waals surface area contributed by atoms with Gasteiger partial charge in [-0.15, -0.1) is 0 Å². The Kier molecular flexibility index (Phi) is 3.62. The summed E-state index contributed by atoms with van der Waals surface area (Å²) < 4.78 is 6.31. The highest BCUT2D eigenvalue weighted by atomic mass is 16.6. The maximum atomic E-state index is 11.4. The average molecular weight is 361 g/mol. The molecule has 0 amide bonds. The van der Waals surface area contributed by atoms with Crippen LogP contribution in [0.25, 0.3) is 10.9 Å². The van der Waals surface area contributed by atoms with Crippen molar-refractivity contribution in [2.75, 3.05) is 24.6 Å². The van der Waals surface area contributed by atoms with Gasteiger partial charge in [0.25, 0.3) is 5.69 Å². The predicted octanol–water partition coefficient (Wildman–Crippen LogP) is 3.82. The van der Waals surface area contributed by atoms with Crippen molar-refractivity contribution in [1.29, 1.82) is 0 Å². The number of rotatable bonds is 2. The van der Waals surface area contributed by atoms with E-state index < -0.39 is 0 Å². The lowest BCUT2D eigenvalue weighted by atomic mass is 9.93. The number of hydrogen-bond acceptors (Lipinski definition) is 5. The van der Waals surface area contributed by atoms with Crippen molar-refractivity contribution in [3.63, 3.8) is 0 Å². The maximum Gasteiger partial charge on any atom is 0.278 e. The third-order valence-corrected chi connectivity index (χ3v) is 5.75. The molecule has 1 aliphatic carbocycles. The van der Waals surface area contributed by atoms with Crippen molar-refractivity contribution < 1.29 is 9.66 Å². The predicted molar refractivity (Wildman–Crippen MR) is 103 cm³/mol. The quantitative estimate of drug-likeness (QED) is 0.513. The summed E-state index contributed by atoms with van der Waals surface area (Å²) in [7, 11) is 0. The Balaban J connectivity index is 1.58. The van der Waals surface area contributed by atoms with E-state index in [0.29, 0.717) is 17.5 Å². The normalized spacial score (nSPS) is 21.6. The molecule has 2 aliphatic rings. The van der Waals surface area contributed by atoms with Crippen molar-refractivity contribution in [3.8, 4) is 0 Å². The van der Waals surface area contributed by atoms with E-state index in [1.807, 2.05) is 6.07 Å². The lowest BCUT2D eigenvalue weighted by Gasteiger charge is -2.42. The van der Waals surface area contributed by atoms with Crippen LogP contribution in [-0.2, 0) is 16.8 Å². The van der Waals surface area contributed by atoms with Crippen molar-refractivity contribution in [1.82, 2.24) is 4.98 Å². The van der Waals surface area contributed by atoms with Gasteiger partial charge < -0.3 is 9.64 Å². The number of benzene rings is 2. The van der Waals surface area contributed by atoms with Gasteiger partial charge in [-0.3, -0.25) is 15.1 Å². The highest BCUT2D eigenvalue weighted by Crippen LogP contribution is 2.44. The van der Waals surface area contributed by atoms with Gasteiger partial charge in [0.1, 0.15) is 11.1 Å². The first-order valence-corrected chi connectivity index (χ1v) is 9.17. The molecule has 0 radical (unpaired) electrons. The summed E-state index contributed by atoms with van der Waals surface area (Å²) in [5.74, 6) is 0. The smallest absolute Gasteiger partial charge is 0.278 e. The number of nitro groups is 1. The van der Waals surface area contributed by atoms with Crippen LogP contribution in [0.1, 0.15) is 17.5 Å². The summed E-state index contributed by atoms with van der Waals surface area (Å²) in [6, 6.07) is 15.4. The summed E-state index contributed by atoms with van der Waals surface area (Å²) in [5.41, 5.74) is 4.02. The molecular weight excluding hydrogens is 342 g/mol. The second kappa shape index (κ2) is 6.03. The molecule has 1 spiro atoms. The van der Waals surface area contributed by atoms with Crippen LogP contribution in [0.2, 0.25) is 0 Å². The molecule has 6 heteroatoms. The van der Waals surface area contributed by atoms with Gasteiger partial charge in [0.15, 0.2) is 0 Å². The van der Waals surface area contributed by atoms with Crippen molar-refractivity contribution in [3.05, 3.63) is 76.0 Å². The molecule has 0 saturated carbocycles. The molecule has 1 saturated heterocycles. The molecule has 1 atom stereocenters. The van der Waals surface area contributed by atoms with Crippen LogP contribution >= 0.6 is 0 Å². The summed E-state index contributed by atoms with van der Waals surface area (Å²) in [6.07, 6.45) is 3.67. The van der Waals surface area contributed by atoms with E-state index >= 15 is 0 Å². The van der Waals surface area contributed by atoms with E-state index in [2.05, 4.69) is 34.1 Å². The van der Waals surface area contributed by atoms with E-state index in [9.17, 15) is 10.1 Å². The van der Waals surface area contributed by atoms with Gasteiger partial charge in [-0.1, -0.05) is 24.3 Å². The van der Waals surface area contributed by atoms with Crippen LogP contribution in [0, 0.1) is 10.1 Å². The Hall–Kier alpha value is -2.99. The molecule has 1 fully saturated rings. The maximum absolute atomic E-state index is 11.4. The number of nitro benzene ring substituents is 1. The Labute approximate surface area is 156 Å². The van der Waals surface area contributed by atoms with E-state index in [4.69, 9.17) is 4.74 Å². The van der Waals surface area contributed by atoms with Crippen molar-refractivity contribution >= 4 is 22.3 Å². The molecule has 0 bridgehead atoms. The van der Waals surface area contributed by atoms with Crippen molar-refractivity contribution in [2.24, 2.45) is 0 Å². The fourth-order valence-electron chi connectivity index (χ4n) is 4.52. The summed E-state index contributed by atoms with van der Waals surface area (Å²) >= 11 is 0. The third-order valence-electron chi connectivity index (χ3n) is 5.75. The van der Waals surface area contributed by atoms with Gasteiger partial charge in [0.05, 0.1) is 29.1 Å². The minimum atomic E-state index is -0.345. The number of ether oxygens (including phenoxy) is 1. The van der Waals surface area contributed by atoms with Gasteiger partial charge in [-0.05, 0) is 42.2 Å². The molecule has 2 heterocycles. The highest BCUT2D eigenvalue weighted by Gasteiger charge is 2.43. The molecule has 27 heavy (non-hydrogen) atoms. The summed E-state index contributed by atoms with van der Waals surface area (Å²) in [4.78, 5) is 17.8. The van der Waals surface area contributed by atoms with Crippen LogP contribution in [0.5, 0.6) is 0 Å². The van der Waals surface area contributed by atoms with Gasteiger partial charge in [0.2, 0.25) is 0 Å². The van der Waals surface area contributed by atoms with Crippen LogP contribution in [0.3, 0.4) is 0 Å². The zero-order valence-electron chi connectivity index (χ0n) is 14.8. The molecule has 1 aromatic heterocycles. The molecule has 6 nitrogen and oxygen atoms in total. The minimum absolute atomic E-state index is 0.0936. The van der Waals surface area contributed by atoms with E-state index in [-0.39, 0.29) is 16.2 Å². The Morgan fingerprint density at radius 2 is 2.04 bits per heavy atom. The summed E-state index contributed by atoms with van der Waals surface area (Å²) in [6.45, 7) is 2.10. The van der Waals surface area contributed by atoms with E-state index in [1.165, 1.54) is 11.1 Å². The number of aromatic nitrogens is 1. The lowest BCUT2D eigenvalue weighted by molar-refractivity contribution is -0.383. The zero-order chi connectivity index (χ0) is 18.4. The number of nitrogens with zero attached hydrogens (tertiary/aromatic N) is 3. The SMILES string of the molecule is O=[N+]([O-])c1ccc(N2CCOC3(CCc4ccccc43)C2)c2ncccc12. The van der Waals surface area contributed by atoms with Crippen LogP contribution in [-0.4, -0.2) is 29.6 Å². The first-order valence-electron chi connectivity index (χ1n) is 9.17. The first-order chi connectivity index (χ1) is 13.2. The topological polar surface area (TPSA) is 68.5 Å². The standard InChI is InChI=1S/C21H19N3O3/c25-24(26)18-7-8-19(20-16(18)5-3-11-22-20)23-12-13-27-21(14-23)10-9-15-4-1-2-6-17(15)21/h1-8,11H,9-10,12-14H2. The average Bonchev–Trinajstić information content (AvgIpc) is 3.05. The molecule has 1 unspecified atom stereocenters. The van der Waals surface area contributed by atoms with Crippen LogP contribution < -0.4 is 4.90 Å². The second-order valence-corrected chi connectivity index (χ2v) is 7.18. The molecule has 0 N–H and O–H groups in total. The highest BCUT2D eigenvalue weighted by molar-refractivity contribution is 5.97. The zero-order valence-corrected chi connectivity index (χ0v) is 14.8.